The van der Waals surface area contributed by atoms with Gasteiger partial charge >= 0.3 is 5.97 Å². The van der Waals surface area contributed by atoms with E-state index in [1.165, 1.54) is 4.90 Å². The van der Waals surface area contributed by atoms with E-state index in [-0.39, 0.29) is 44.2 Å². The van der Waals surface area contributed by atoms with Crippen LogP contribution < -0.4 is 0 Å². The molecule has 2 amide bonds. The van der Waals surface area contributed by atoms with Gasteiger partial charge < -0.3 is 19.3 Å². The Morgan fingerprint density at radius 1 is 0.970 bits per heavy atom. The van der Waals surface area contributed by atoms with Crippen molar-refractivity contribution in [3.63, 3.8) is 0 Å². The molecule has 2 aromatic rings. The fraction of sp³-hybridized carbons (Fsp3) is 0.423. The summed E-state index contributed by atoms with van der Waals surface area (Å²) in [5.41, 5.74) is 1.85. The second-order valence-electron chi connectivity index (χ2n) is 8.23. The molecule has 7 heteroatoms. The van der Waals surface area contributed by atoms with Gasteiger partial charge in [-0.3, -0.25) is 14.4 Å². The SMILES string of the molecule is CC(C(=O)N1CCCCCN(CC(=O)OCc2ccccc2)C(=O)COC1)c1ccccc1. The van der Waals surface area contributed by atoms with Crippen molar-refractivity contribution < 1.29 is 23.9 Å². The highest BCUT2D eigenvalue weighted by atomic mass is 16.5. The van der Waals surface area contributed by atoms with Crippen LogP contribution >= 0.6 is 0 Å². The Kier molecular flexibility index (Phi) is 9.44. The highest BCUT2D eigenvalue weighted by Gasteiger charge is 2.24. The van der Waals surface area contributed by atoms with Crippen LogP contribution in [-0.4, -0.2) is 60.6 Å². The van der Waals surface area contributed by atoms with E-state index in [0.29, 0.717) is 13.1 Å². The van der Waals surface area contributed by atoms with Crippen LogP contribution in [0.1, 0.15) is 43.2 Å². The number of esters is 1. The quantitative estimate of drug-likeness (QED) is 0.629. The monoisotopic (exact) mass is 452 g/mol. The maximum absolute atomic E-state index is 13.0. The topological polar surface area (TPSA) is 76.2 Å². The lowest BCUT2D eigenvalue weighted by molar-refractivity contribution is -0.153. The molecule has 1 heterocycles. The molecule has 0 spiro atoms. The normalized spacial score (nSPS) is 16.6. The molecule has 176 valence electrons. The van der Waals surface area contributed by atoms with E-state index < -0.39 is 5.97 Å². The van der Waals surface area contributed by atoms with Crippen LogP contribution in [0.4, 0.5) is 0 Å². The molecule has 1 aliphatic heterocycles. The summed E-state index contributed by atoms with van der Waals surface area (Å²) >= 11 is 0. The summed E-state index contributed by atoms with van der Waals surface area (Å²) < 4.78 is 10.9. The van der Waals surface area contributed by atoms with E-state index >= 15 is 0 Å². The summed E-state index contributed by atoms with van der Waals surface area (Å²) in [4.78, 5) is 41.1. The third-order valence-electron chi connectivity index (χ3n) is 5.73. The lowest BCUT2D eigenvalue weighted by atomic mass is 10.00. The van der Waals surface area contributed by atoms with Crippen LogP contribution in [0.2, 0.25) is 0 Å². The molecular weight excluding hydrogens is 420 g/mol. The van der Waals surface area contributed by atoms with Crippen LogP contribution in [0, 0.1) is 0 Å². The van der Waals surface area contributed by atoms with Crippen molar-refractivity contribution in [1.29, 1.82) is 0 Å². The second kappa shape index (κ2) is 12.7. The van der Waals surface area contributed by atoms with Crippen molar-refractivity contribution in [2.24, 2.45) is 0 Å². The van der Waals surface area contributed by atoms with E-state index in [1.54, 1.807) is 4.90 Å². The smallest absolute Gasteiger partial charge is 0.325 e. The molecule has 0 bridgehead atoms. The highest BCUT2D eigenvalue weighted by molar-refractivity contribution is 5.84. The Bertz CT molecular complexity index is 903. The molecule has 1 atom stereocenters. The minimum atomic E-state index is -0.449. The summed E-state index contributed by atoms with van der Waals surface area (Å²) in [7, 11) is 0. The molecule has 1 aliphatic rings. The first-order chi connectivity index (χ1) is 16.0. The first-order valence-corrected chi connectivity index (χ1v) is 11.4. The summed E-state index contributed by atoms with van der Waals surface area (Å²) in [6.07, 6.45) is 2.39. The van der Waals surface area contributed by atoms with Crippen LogP contribution in [0.5, 0.6) is 0 Å². The van der Waals surface area contributed by atoms with Crippen LogP contribution in [0.15, 0.2) is 60.7 Å². The highest BCUT2D eigenvalue weighted by Crippen LogP contribution is 2.18. The number of rotatable bonds is 6. The second-order valence-corrected chi connectivity index (χ2v) is 8.23. The predicted octanol–water partition coefficient (Wildman–Crippen LogP) is 3.35. The summed E-state index contributed by atoms with van der Waals surface area (Å²) in [6.45, 7) is 2.85. The lowest BCUT2D eigenvalue weighted by Gasteiger charge is -2.26. The molecule has 1 unspecified atom stereocenters. The minimum absolute atomic E-state index is 0.0192. The van der Waals surface area contributed by atoms with Gasteiger partial charge in [-0.15, -0.1) is 0 Å². The number of carbonyl (C=O) groups is 3. The van der Waals surface area contributed by atoms with Gasteiger partial charge in [-0.05, 0) is 37.3 Å². The average Bonchev–Trinajstić information content (AvgIpc) is 2.89. The fourth-order valence-electron chi connectivity index (χ4n) is 3.74. The summed E-state index contributed by atoms with van der Waals surface area (Å²) in [5, 5.41) is 0. The number of ether oxygens (including phenoxy) is 2. The number of carbonyl (C=O) groups excluding carboxylic acids is 3. The fourth-order valence-corrected chi connectivity index (χ4v) is 3.74. The maximum Gasteiger partial charge on any atom is 0.325 e. The number of hydrogen-bond acceptors (Lipinski definition) is 5. The van der Waals surface area contributed by atoms with Gasteiger partial charge in [0.1, 0.15) is 26.5 Å². The van der Waals surface area contributed by atoms with Gasteiger partial charge in [0.25, 0.3) is 0 Å². The van der Waals surface area contributed by atoms with Gasteiger partial charge in [-0.2, -0.15) is 0 Å². The lowest BCUT2D eigenvalue weighted by Crippen LogP contribution is -2.40. The Balaban J connectivity index is 1.52. The molecule has 0 aliphatic carbocycles. The molecule has 3 rings (SSSR count). The molecular formula is C26H32N2O5. The Morgan fingerprint density at radius 2 is 1.64 bits per heavy atom. The molecule has 33 heavy (non-hydrogen) atoms. The largest absolute Gasteiger partial charge is 0.459 e. The van der Waals surface area contributed by atoms with Crippen molar-refractivity contribution in [3.8, 4) is 0 Å². The van der Waals surface area contributed by atoms with E-state index in [1.807, 2.05) is 67.6 Å². The van der Waals surface area contributed by atoms with E-state index in [2.05, 4.69) is 0 Å². The molecule has 0 N–H and O–H groups in total. The zero-order valence-corrected chi connectivity index (χ0v) is 19.2. The Hall–Kier alpha value is -3.19. The van der Waals surface area contributed by atoms with Gasteiger partial charge in [-0.25, -0.2) is 0 Å². The first kappa shape index (κ1) is 24.5. The summed E-state index contributed by atoms with van der Waals surface area (Å²) in [5.74, 6) is -1.03. The first-order valence-electron chi connectivity index (χ1n) is 11.4. The van der Waals surface area contributed by atoms with Crippen LogP contribution in [0.25, 0.3) is 0 Å². The van der Waals surface area contributed by atoms with Crippen molar-refractivity contribution in [2.75, 3.05) is 33.0 Å². The van der Waals surface area contributed by atoms with Gasteiger partial charge in [-0.1, -0.05) is 60.7 Å². The van der Waals surface area contributed by atoms with E-state index in [0.717, 1.165) is 30.4 Å². The third kappa shape index (κ3) is 7.71. The Morgan fingerprint density at radius 3 is 2.36 bits per heavy atom. The van der Waals surface area contributed by atoms with Gasteiger partial charge in [0.05, 0.1) is 5.92 Å². The number of hydrogen-bond donors (Lipinski definition) is 0. The number of benzene rings is 2. The number of amides is 2. The van der Waals surface area contributed by atoms with Crippen molar-refractivity contribution in [2.45, 2.75) is 38.7 Å². The van der Waals surface area contributed by atoms with E-state index in [9.17, 15) is 14.4 Å². The molecule has 1 fully saturated rings. The van der Waals surface area contributed by atoms with Crippen LogP contribution in [-0.2, 0) is 30.5 Å². The molecule has 7 nitrogen and oxygen atoms in total. The zero-order chi connectivity index (χ0) is 23.5. The molecule has 0 radical (unpaired) electrons. The average molecular weight is 453 g/mol. The predicted molar refractivity (Wildman–Crippen MR) is 124 cm³/mol. The molecule has 0 aromatic heterocycles. The van der Waals surface area contributed by atoms with Crippen molar-refractivity contribution in [3.05, 3.63) is 71.8 Å². The number of nitrogens with zero attached hydrogens (tertiary/aromatic N) is 2. The van der Waals surface area contributed by atoms with Gasteiger partial charge in [0.2, 0.25) is 11.8 Å². The molecule has 0 saturated carbocycles. The van der Waals surface area contributed by atoms with Crippen molar-refractivity contribution >= 4 is 17.8 Å². The third-order valence-corrected chi connectivity index (χ3v) is 5.73. The van der Waals surface area contributed by atoms with Crippen LogP contribution in [0.3, 0.4) is 0 Å². The summed E-state index contributed by atoms with van der Waals surface area (Å²) in [6, 6.07) is 19.1. The zero-order valence-electron chi connectivity index (χ0n) is 19.2. The molecule has 2 aromatic carbocycles. The maximum atomic E-state index is 13.0. The van der Waals surface area contributed by atoms with Gasteiger partial charge in [0, 0.05) is 13.1 Å². The molecule has 1 saturated heterocycles. The van der Waals surface area contributed by atoms with Gasteiger partial charge in [0.15, 0.2) is 0 Å². The van der Waals surface area contributed by atoms with Crippen molar-refractivity contribution in [1.82, 2.24) is 9.80 Å². The van der Waals surface area contributed by atoms with E-state index in [4.69, 9.17) is 9.47 Å². The standard InChI is InChI=1S/C26H32N2O5/c1-21(23-13-7-3-8-14-23)26(31)28-16-10-4-9-15-27(24(29)19-32-20-28)17-25(30)33-18-22-11-5-2-6-12-22/h2-3,5-8,11-14,21H,4,9-10,15-20H2,1H3. The Labute approximate surface area is 195 Å². The minimum Gasteiger partial charge on any atom is -0.459 e.